The van der Waals surface area contributed by atoms with Crippen molar-refractivity contribution in [2.24, 2.45) is 0 Å². The fourth-order valence-electron chi connectivity index (χ4n) is 3.92. The fourth-order valence-corrected chi connectivity index (χ4v) is 4.98. The van der Waals surface area contributed by atoms with Crippen molar-refractivity contribution in [1.29, 1.82) is 0 Å². The van der Waals surface area contributed by atoms with Crippen LogP contribution in [0.2, 0.25) is 5.02 Å². The number of thiophene rings is 1. The Bertz CT molecular complexity index is 1440. The number of halogens is 2. The number of carbonyl (C=O) groups is 1. The van der Waals surface area contributed by atoms with Crippen LogP contribution in [0.5, 0.6) is 0 Å². The van der Waals surface area contributed by atoms with E-state index in [1.807, 2.05) is 23.6 Å². The molecule has 0 atom stereocenters. The lowest BCUT2D eigenvalue weighted by atomic mass is 10.1. The number of amides is 1. The molecule has 4 aromatic rings. The summed E-state index contributed by atoms with van der Waals surface area (Å²) in [5.41, 5.74) is 1.71. The molecular weight excluding hydrogens is 489 g/mol. The molecule has 1 N–H and O–H groups in total. The molecule has 0 spiro atoms. The highest BCUT2D eigenvalue weighted by atomic mass is 35.5. The maximum atomic E-state index is 13.2. The van der Waals surface area contributed by atoms with Gasteiger partial charge in [-0.15, -0.1) is 11.3 Å². The van der Waals surface area contributed by atoms with Crippen LogP contribution in [0.25, 0.3) is 10.2 Å². The minimum Gasteiger partial charge on any atom is -0.352 e. The molecule has 0 fully saturated rings. The van der Waals surface area contributed by atoms with Crippen molar-refractivity contribution in [3.63, 3.8) is 0 Å². The van der Waals surface area contributed by atoms with Gasteiger partial charge >= 0.3 is 5.69 Å². The number of hydrogen-bond donors (Lipinski definition) is 1. The second-order valence-electron chi connectivity index (χ2n) is 8.30. The third kappa shape index (κ3) is 6.26. The number of unbranched alkanes of at least 4 members (excludes halogenated alkanes) is 2. The molecule has 2 aromatic carbocycles. The summed E-state index contributed by atoms with van der Waals surface area (Å²) in [5, 5.41) is 5.22. The lowest BCUT2D eigenvalue weighted by molar-refractivity contribution is -0.121. The number of rotatable bonds is 10. The van der Waals surface area contributed by atoms with Crippen LogP contribution in [0.3, 0.4) is 0 Å². The third-order valence-corrected chi connectivity index (χ3v) is 6.88. The summed E-state index contributed by atoms with van der Waals surface area (Å²) in [6.45, 7) is 0.959. The number of carbonyl (C=O) groups excluding carboxylic acids is 1. The summed E-state index contributed by atoms with van der Waals surface area (Å²) in [5.74, 6) is -0.399. The zero-order chi connectivity index (χ0) is 24.8. The van der Waals surface area contributed by atoms with Crippen LogP contribution in [-0.2, 0) is 24.4 Å². The second kappa shape index (κ2) is 11.5. The Labute approximate surface area is 210 Å². The van der Waals surface area contributed by atoms with Crippen LogP contribution in [-0.4, -0.2) is 15.0 Å². The van der Waals surface area contributed by atoms with Crippen molar-refractivity contribution in [2.45, 2.75) is 45.3 Å². The number of nitrogens with one attached hydrogen (secondary N) is 1. The van der Waals surface area contributed by atoms with Crippen molar-refractivity contribution in [1.82, 2.24) is 14.5 Å². The standard InChI is InChI=1S/C26H25ClFN3O3S/c27-20-6-4-5-19(15-20)17-31-22-12-14-35-24(22)25(33)30(26(31)34)13-3-1-2-7-23(32)29-16-18-8-10-21(28)11-9-18/h4-6,8-12,14-15H,1-3,7,13,16-17H2,(H,29,32). The predicted octanol–water partition coefficient (Wildman–Crippen LogP) is 4.94. The van der Waals surface area contributed by atoms with Crippen molar-refractivity contribution >= 4 is 39.1 Å². The Morgan fingerprint density at radius 2 is 1.77 bits per heavy atom. The summed E-state index contributed by atoms with van der Waals surface area (Å²) >= 11 is 7.42. The Balaban J connectivity index is 1.35. The molecule has 0 saturated carbocycles. The van der Waals surface area contributed by atoms with Crippen molar-refractivity contribution < 1.29 is 9.18 Å². The van der Waals surface area contributed by atoms with Gasteiger partial charge in [0, 0.05) is 24.5 Å². The second-order valence-corrected chi connectivity index (χ2v) is 9.66. The van der Waals surface area contributed by atoms with E-state index in [1.165, 1.54) is 28.0 Å². The molecule has 182 valence electrons. The highest BCUT2D eigenvalue weighted by Crippen LogP contribution is 2.18. The van der Waals surface area contributed by atoms with Gasteiger partial charge in [0.15, 0.2) is 0 Å². The highest BCUT2D eigenvalue weighted by Gasteiger charge is 2.14. The Hall–Kier alpha value is -3.23. The van der Waals surface area contributed by atoms with Crippen LogP contribution >= 0.6 is 22.9 Å². The van der Waals surface area contributed by atoms with E-state index in [2.05, 4.69) is 5.32 Å². The van der Waals surface area contributed by atoms with Gasteiger partial charge in [0.2, 0.25) is 5.91 Å². The zero-order valence-corrected chi connectivity index (χ0v) is 20.6. The van der Waals surface area contributed by atoms with E-state index in [9.17, 15) is 18.8 Å². The molecule has 0 saturated heterocycles. The van der Waals surface area contributed by atoms with Gasteiger partial charge in [-0.3, -0.25) is 18.7 Å². The molecule has 0 unspecified atom stereocenters. The van der Waals surface area contributed by atoms with Crippen molar-refractivity contribution in [3.8, 4) is 0 Å². The number of benzene rings is 2. The largest absolute Gasteiger partial charge is 0.352 e. The number of hydrogen-bond acceptors (Lipinski definition) is 4. The fraction of sp³-hybridized carbons (Fsp3) is 0.269. The minimum absolute atomic E-state index is 0.0876. The average Bonchev–Trinajstić information content (AvgIpc) is 3.33. The van der Waals surface area contributed by atoms with Crippen LogP contribution in [0.1, 0.15) is 36.8 Å². The monoisotopic (exact) mass is 513 g/mol. The Kier molecular flexibility index (Phi) is 8.15. The molecule has 0 aliphatic rings. The van der Waals surface area contributed by atoms with E-state index < -0.39 is 0 Å². The topological polar surface area (TPSA) is 73.1 Å². The molecule has 9 heteroatoms. The molecule has 35 heavy (non-hydrogen) atoms. The average molecular weight is 514 g/mol. The van der Waals surface area contributed by atoms with E-state index >= 15 is 0 Å². The SMILES string of the molecule is O=C(CCCCCn1c(=O)c2sccc2n(Cc2cccc(Cl)c2)c1=O)NCc1ccc(F)cc1. The van der Waals surface area contributed by atoms with Gasteiger partial charge in [-0.2, -0.15) is 0 Å². The molecule has 0 bridgehead atoms. The summed E-state index contributed by atoms with van der Waals surface area (Å²) in [6.07, 6.45) is 2.29. The molecule has 2 heterocycles. The van der Waals surface area contributed by atoms with Crippen molar-refractivity contribution in [3.05, 3.63) is 103 Å². The summed E-state index contributed by atoms with van der Waals surface area (Å²) in [6, 6.07) is 15.1. The predicted molar refractivity (Wildman–Crippen MR) is 138 cm³/mol. The molecule has 1 amide bonds. The minimum atomic E-state index is -0.349. The first-order valence-corrected chi connectivity index (χ1v) is 12.6. The van der Waals surface area contributed by atoms with Gasteiger partial charge in [0.1, 0.15) is 10.5 Å². The van der Waals surface area contributed by atoms with Gasteiger partial charge in [0.05, 0.1) is 12.1 Å². The first-order chi connectivity index (χ1) is 16.9. The maximum absolute atomic E-state index is 13.2. The Morgan fingerprint density at radius 1 is 0.971 bits per heavy atom. The summed E-state index contributed by atoms with van der Waals surface area (Å²) < 4.78 is 16.4. The molecule has 0 radical (unpaired) electrons. The molecule has 4 rings (SSSR count). The van der Waals surface area contributed by atoms with E-state index in [4.69, 9.17) is 11.6 Å². The van der Waals surface area contributed by atoms with E-state index in [0.717, 1.165) is 11.1 Å². The number of nitrogens with zero attached hydrogens (tertiary/aromatic N) is 2. The smallest absolute Gasteiger partial charge is 0.331 e. The highest BCUT2D eigenvalue weighted by molar-refractivity contribution is 7.17. The molecule has 0 aliphatic carbocycles. The van der Waals surface area contributed by atoms with Gasteiger partial charge < -0.3 is 5.32 Å². The Morgan fingerprint density at radius 3 is 2.54 bits per heavy atom. The van der Waals surface area contributed by atoms with Crippen LogP contribution in [0.4, 0.5) is 4.39 Å². The van der Waals surface area contributed by atoms with Crippen LogP contribution < -0.4 is 16.6 Å². The summed E-state index contributed by atoms with van der Waals surface area (Å²) in [7, 11) is 0. The first-order valence-electron chi connectivity index (χ1n) is 11.4. The molecule has 6 nitrogen and oxygen atoms in total. The molecule has 2 aromatic heterocycles. The van der Waals surface area contributed by atoms with Crippen LogP contribution in [0, 0.1) is 5.82 Å². The van der Waals surface area contributed by atoms with Crippen molar-refractivity contribution in [2.75, 3.05) is 0 Å². The maximum Gasteiger partial charge on any atom is 0.331 e. The lowest BCUT2D eigenvalue weighted by Crippen LogP contribution is -2.39. The quantitative estimate of drug-likeness (QED) is 0.305. The molecular formula is C26H25ClFN3O3S. The summed E-state index contributed by atoms with van der Waals surface area (Å²) in [4.78, 5) is 38.2. The number of fused-ring (bicyclic) bond motifs is 1. The zero-order valence-electron chi connectivity index (χ0n) is 19.0. The van der Waals surface area contributed by atoms with E-state index in [1.54, 1.807) is 28.8 Å². The number of aromatic nitrogens is 2. The van der Waals surface area contributed by atoms with Gasteiger partial charge in [-0.05, 0) is 59.7 Å². The molecule has 0 aliphatic heterocycles. The van der Waals surface area contributed by atoms with Crippen LogP contribution in [0.15, 0.2) is 69.6 Å². The van der Waals surface area contributed by atoms with E-state index in [0.29, 0.717) is 54.0 Å². The van der Waals surface area contributed by atoms with Gasteiger partial charge in [-0.1, -0.05) is 42.3 Å². The van der Waals surface area contributed by atoms with Gasteiger partial charge in [-0.25, -0.2) is 9.18 Å². The van der Waals surface area contributed by atoms with Gasteiger partial charge in [0.25, 0.3) is 5.56 Å². The lowest BCUT2D eigenvalue weighted by Gasteiger charge is -2.12. The van der Waals surface area contributed by atoms with E-state index in [-0.39, 0.29) is 29.5 Å². The first kappa shape index (κ1) is 24.9. The normalized spacial score (nSPS) is 11.1. The third-order valence-electron chi connectivity index (χ3n) is 5.75.